The molecule has 0 bridgehead atoms. The second-order valence-electron chi connectivity index (χ2n) is 4.94. The molecule has 2 atom stereocenters. The molecule has 1 heterocycles. The molecule has 1 amide bonds. The fourth-order valence-electron chi connectivity index (χ4n) is 2.04. The lowest BCUT2D eigenvalue weighted by molar-refractivity contribution is -0.120. The van der Waals surface area contributed by atoms with E-state index in [9.17, 15) is 13.2 Å². The molecule has 1 N–H and O–H groups in total. The van der Waals surface area contributed by atoms with Crippen molar-refractivity contribution in [1.82, 2.24) is 5.32 Å². The lowest BCUT2D eigenvalue weighted by Gasteiger charge is -2.16. The number of benzene rings is 1. The molecule has 1 saturated heterocycles. The molecule has 0 aromatic heterocycles. The molecule has 0 aliphatic carbocycles. The first-order valence-electron chi connectivity index (χ1n) is 6.39. The van der Waals surface area contributed by atoms with Gasteiger partial charge in [0, 0.05) is 16.0 Å². The molecule has 0 radical (unpaired) electrons. The molecule has 21 heavy (non-hydrogen) atoms. The number of carbonyl (C=O) groups is 1. The lowest BCUT2D eigenvalue weighted by Crippen LogP contribution is -2.39. The van der Waals surface area contributed by atoms with Crippen LogP contribution in [-0.4, -0.2) is 37.1 Å². The van der Waals surface area contributed by atoms with Gasteiger partial charge in [-0.15, -0.1) is 11.8 Å². The van der Waals surface area contributed by atoms with Crippen LogP contribution in [0.5, 0.6) is 0 Å². The Morgan fingerprint density at radius 3 is 2.76 bits per heavy atom. The summed E-state index contributed by atoms with van der Waals surface area (Å²) in [6, 6.07) is 4.78. The van der Waals surface area contributed by atoms with E-state index in [1.165, 1.54) is 11.8 Å². The molecule has 8 heteroatoms. The van der Waals surface area contributed by atoms with Gasteiger partial charge in [-0.3, -0.25) is 4.79 Å². The van der Waals surface area contributed by atoms with Crippen LogP contribution in [-0.2, 0) is 14.6 Å². The van der Waals surface area contributed by atoms with Crippen molar-refractivity contribution in [2.24, 2.45) is 0 Å². The number of amides is 1. The highest BCUT2D eigenvalue weighted by Crippen LogP contribution is 2.32. The normalized spacial score (nSPS) is 22.0. The van der Waals surface area contributed by atoms with Gasteiger partial charge in [0.2, 0.25) is 5.91 Å². The number of carbonyl (C=O) groups excluding carboxylic acids is 1. The van der Waals surface area contributed by atoms with Crippen LogP contribution >= 0.6 is 35.0 Å². The Morgan fingerprint density at radius 2 is 2.14 bits per heavy atom. The molecule has 0 spiro atoms. The fourth-order valence-corrected chi connectivity index (χ4v) is 5.13. The zero-order valence-electron chi connectivity index (χ0n) is 11.3. The van der Waals surface area contributed by atoms with Crippen molar-refractivity contribution in [3.05, 3.63) is 28.2 Å². The first-order chi connectivity index (χ1) is 9.77. The largest absolute Gasteiger partial charge is 0.351 e. The van der Waals surface area contributed by atoms with Crippen molar-refractivity contribution in [3.8, 4) is 0 Å². The van der Waals surface area contributed by atoms with E-state index < -0.39 is 9.84 Å². The Bertz CT molecular complexity index is 649. The third-order valence-corrected chi connectivity index (χ3v) is 6.75. The summed E-state index contributed by atoms with van der Waals surface area (Å²) < 4.78 is 22.8. The van der Waals surface area contributed by atoms with Crippen LogP contribution in [0.1, 0.15) is 13.3 Å². The predicted octanol–water partition coefficient (Wildman–Crippen LogP) is 2.78. The molecular weight excluding hydrogens is 353 g/mol. The van der Waals surface area contributed by atoms with Gasteiger partial charge in [-0.05, 0) is 31.5 Å². The van der Waals surface area contributed by atoms with Crippen molar-refractivity contribution in [2.75, 3.05) is 11.5 Å². The molecular formula is C13H15Cl2NO3S2. The van der Waals surface area contributed by atoms with Gasteiger partial charge >= 0.3 is 0 Å². The molecule has 1 fully saturated rings. The van der Waals surface area contributed by atoms with Gasteiger partial charge in [-0.2, -0.15) is 0 Å². The molecule has 116 valence electrons. The van der Waals surface area contributed by atoms with E-state index in [2.05, 4.69) is 5.32 Å². The smallest absolute Gasteiger partial charge is 0.233 e. The number of rotatable bonds is 4. The van der Waals surface area contributed by atoms with E-state index in [1.54, 1.807) is 25.1 Å². The zero-order valence-corrected chi connectivity index (χ0v) is 14.5. The minimum atomic E-state index is -3.00. The highest BCUT2D eigenvalue weighted by Gasteiger charge is 2.30. The molecule has 2 rings (SSSR count). The minimum absolute atomic E-state index is 0.0219. The number of hydrogen-bond donors (Lipinski definition) is 1. The monoisotopic (exact) mass is 367 g/mol. The summed E-state index contributed by atoms with van der Waals surface area (Å²) in [6.45, 7) is 1.75. The lowest BCUT2D eigenvalue weighted by atomic mass is 10.2. The average molecular weight is 368 g/mol. The Labute approximate surface area is 138 Å². The quantitative estimate of drug-likeness (QED) is 0.831. The Morgan fingerprint density at radius 1 is 1.43 bits per heavy atom. The van der Waals surface area contributed by atoms with E-state index in [-0.39, 0.29) is 28.7 Å². The zero-order chi connectivity index (χ0) is 15.6. The van der Waals surface area contributed by atoms with Gasteiger partial charge in [-0.1, -0.05) is 23.2 Å². The second-order valence-corrected chi connectivity index (χ2v) is 9.40. The second kappa shape index (κ2) is 6.77. The minimum Gasteiger partial charge on any atom is -0.351 e. The molecule has 0 saturated carbocycles. The van der Waals surface area contributed by atoms with Crippen LogP contribution in [0.4, 0.5) is 0 Å². The van der Waals surface area contributed by atoms with Crippen molar-refractivity contribution < 1.29 is 13.2 Å². The van der Waals surface area contributed by atoms with Crippen molar-refractivity contribution in [3.63, 3.8) is 0 Å². The summed E-state index contributed by atoms with van der Waals surface area (Å²) in [5, 5.41) is 3.48. The van der Waals surface area contributed by atoms with Crippen LogP contribution in [0.15, 0.2) is 23.1 Å². The number of nitrogens with one attached hydrogen (secondary N) is 1. The topological polar surface area (TPSA) is 63.2 Å². The average Bonchev–Trinajstić information content (AvgIpc) is 2.73. The first-order valence-corrected chi connectivity index (χ1v) is 9.85. The van der Waals surface area contributed by atoms with Crippen LogP contribution in [0, 0.1) is 0 Å². The van der Waals surface area contributed by atoms with E-state index in [0.717, 1.165) is 4.90 Å². The van der Waals surface area contributed by atoms with Crippen molar-refractivity contribution in [2.45, 2.75) is 29.5 Å². The Hall–Kier alpha value is -0.430. The maximum absolute atomic E-state index is 12.1. The van der Waals surface area contributed by atoms with Gasteiger partial charge in [0.05, 0.1) is 21.8 Å². The van der Waals surface area contributed by atoms with Gasteiger partial charge in [0.25, 0.3) is 0 Å². The first kappa shape index (κ1) is 16.9. The summed E-state index contributed by atoms with van der Waals surface area (Å²) in [5.41, 5.74) is 0. The summed E-state index contributed by atoms with van der Waals surface area (Å²) in [6.07, 6.45) is 0.476. The van der Waals surface area contributed by atoms with E-state index in [0.29, 0.717) is 16.5 Å². The van der Waals surface area contributed by atoms with Crippen LogP contribution in [0.3, 0.4) is 0 Å². The van der Waals surface area contributed by atoms with E-state index >= 15 is 0 Å². The predicted molar refractivity (Wildman–Crippen MR) is 87.0 cm³/mol. The van der Waals surface area contributed by atoms with E-state index in [4.69, 9.17) is 23.2 Å². The molecule has 1 aromatic carbocycles. The molecule has 1 aliphatic heterocycles. The van der Waals surface area contributed by atoms with Gasteiger partial charge in [-0.25, -0.2) is 8.42 Å². The number of sulfone groups is 1. The molecule has 4 nitrogen and oxygen atoms in total. The highest BCUT2D eigenvalue weighted by atomic mass is 35.5. The number of hydrogen-bond acceptors (Lipinski definition) is 4. The SMILES string of the molecule is CC(Sc1cc(Cl)ccc1Cl)C(=O)NC1CCS(=O)(=O)C1. The summed E-state index contributed by atoms with van der Waals surface area (Å²) in [4.78, 5) is 12.8. The van der Waals surface area contributed by atoms with Gasteiger partial charge in [0.1, 0.15) is 0 Å². The molecule has 1 aromatic rings. The summed E-state index contributed by atoms with van der Waals surface area (Å²) in [7, 11) is -3.00. The van der Waals surface area contributed by atoms with Crippen LogP contribution in [0.25, 0.3) is 0 Å². The summed E-state index contributed by atoms with van der Waals surface area (Å²) in [5.74, 6) is -0.0358. The third kappa shape index (κ3) is 4.77. The highest BCUT2D eigenvalue weighted by molar-refractivity contribution is 8.00. The molecule has 1 aliphatic rings. The maximum atomic E-state index is 12.1. The van der Waals surface area contributed by atoms with Crippen molar-refractivity contribution >= 4 is 50.7 Å². The number of thioether (sulfide) groups is 1. The maximum Gasteiger partial charge on any atom is 0.233 e. The summed E-state index contributed by atoms with van der Waals surface area (Å²) >= 11 is 13.3. The van der Waals surface area contributed by atoms with E-state index in [1.807, 2.05) is 0 Å². The third-order valence-electron chi connectivity index (χ3n) is 3.15. The van der Waals surface area contributed by atoms with Crippen molar-refractivity contribution in [1.29, 1.82) is 0 Å². The van der Waals surface area contributed by atoms with Gasteiger partial charge < -0.3 is 5.32 Å². The fraction of sp³-hybridized carbons (Fsp3) is 0.462. The van der Waals surface area contributed by atoms with Crippen LogP contribution in [0.2, 0.25) is 10.0 Å². The number of halogens is 2. The standard InChI is InChI=1S/C13H15Cl2NO3S2/c1-8(20-12-6-9(14)2-3-11(12)15)13(17)16-10-4-5-21(18,19)7-10/h2-3,6,8,10H,4-5,7H2,1H3,(H,16,17). The van der Waals surface area contributed by atoms with Crippen LogP contribution < -0.4 is 5.32 Å². The Balaban J connectivity index is 1.95. The van der Waals surface area contributed by atoms with Gasteiger partial charge in [0.15, 0.2) is 9.84 Å². The molecule has 2 unspecified atom stereocenters. The Kier molecular flexibility index (Phi) is 5.46.